The van der Waals surface area contributed by atoms with Crippen molar-refractivity contribution in [3.8, 4) is 0 Å². The summed E-state index contributed by atoms with van der Waals surface area (Å²) >= 11 is 0. The van der Waals surface area contributed by atoms with E-state index in [2.05, 4.69) is 5.32 Å². The molecule has 3 nitrogen and oxygen atoms in total. The van der Waals surface area contributed by atoms with Crippen molar-refractivity contribution >= 4 is 11.7 Å². The zero-order valence-electron chi connectivity index (χ0n) is 7.39. The van der Waals surface area contributed by atoms with Crippen molar-refractivity contribution < 1.29 is 11.0 Å². The number of hydrogen-bond acceptors (Lipinski definition) is 2. The third-order valence-electron chi connectivity index (χ3n) is 2.12. The van der Waals surface area contributed by atoms with Gasteiger partial charge < -0.3 is 5.32 Å². The first-order valence-corrected chi connectivity index (χ1v) is 4.11. The van der Waals surface area contributed by atoms with E-state index in [-0.39, 0.29) is 19.0 Å². The molecule has 1 N–H and O–H groups in total. The molecule has 3 heteroatoms. The van der Waals surface area contributed by atoms with Crippen LogP contribution in [0.1, 0.15) is 28.1 Å². The number of amides is 1. The normalized spacial score (nSPS) is 29.8. The van der Waals surface area contributed by atoms with Crippen molar-refractivity contribution in [2.24, 2.45) is 5.92 Å². The van der Waals surface area contributed by atoms with Gasteiger partial charge in [0.05, 0.1) is 0 Å². The molecule has 12 heavy (non-hydrogen) atoms. The minimum absolute atomic E-state index is 0. The summed E-state index contributed by atoms with van der Waals surface area (Å²) in [5.74, 6) is 0.0713. The summed E-state index contributed by atoms with van der Waals surface area (Å²) in [5, 5.41) is 2.59. The molecule has 0 aromatic carbocycles. The molecule has 1 aliphatic heterocycles. The van der Waals surface area contributed by atoms with E-state index >= 15 is 0 Å². The minimum Gasteiger partial charge on any atom is -0.332 e. The second-order valence-corrected chi connectivity index (χ2v) is 3.20. The van der Waals surface area contributed by atoms with Gasteiger partial charge in [-0.15, -0.1) is 0 Å². The van der Waals surface area contributed by atoms with Crippen LogP contribution in [0.4, 0.5) is 0 Å². The van der Waals surface area contributed by atoms with Crippen LogP contribution in [-0.2, 0) is 9.59 Å². The van der Waals surface area contributed by atoms with Gasteiger partial charge in [0.15, 0.2) is 5.78 Å². The molecule has 1 atom stereocenters. The molecule has 0 saturated carbocycles. The molecule has 0 radical (unpaired) electrons. The van der Waals surface area contributed by atoms with Gasteiger partial charge in [0, 0.05) is 25.5 Å². The lowest BCUT2D eigenvalue weighted by Crippen LogP contribution is -2.28. The molecular formula is C9H15NO2. The molecule has 1 amide bonds. The van der Waals surface area contributed by atoms with Crippen molar-refractivity contribution in [1.29, 1.82) is 0 Å². The first-order chi connectivity index (χ1) is 5.61. The summed E-state index contributed by atoms with van der Waals surface area (Å²) < 4.78 is 0. The highest BCUT2D eigenvalue weighted by Gasteiger charge is 2.17. The van der Waals surface area contributed by atoms with E-state index in [0.29, 0.717) is 18.4 Å². The van der Waals surface area contributed by atoms with Crippen molar-refractivity contribution in [2.75, 3.05) is 0 Å². The molecule has 1 heterocycles. The van der Waals surface area contributed by atoms with Crippen molar-refractivity contribution in [3.63, 3.8) is 0 Å². The van der Waals surface area contributed by atoms with Crippen molar-refractivity contribution in [3.05, 3.63) is 11.8 Å². The van der Waals surface area contributed by atoms with Crippen LogP contribution >= 0.6 is 0 Å². The smallest absolute Gasteiger partial charge is 0.226 e. The van der Waals surface area contributed by atoms with Gasteiger partial charge in [-0.3, -0.25) is 9.59 Å². The molecule has 0 aromatic rings. The Kier molecular flexibility index (Phi) is 2.63. The standard InChI is InChI=1S/C9H13NO2.H2/c1-6-3-4-8(11)7(2)5-10-9(6)12;/h5-6H,3-4H2,1-2H3,(H,10,12);1H/b7-5-;. The predicted molar refractivity (Wildman–Crippen MR) is 47.4 cm³/mol. The third-order valence-corrected chi connectivity index (χ3v) is 2.12. The summed E-state index contributed by atoms with van der Waals surface area (Å²) in [6, 6.07) is 0. The van der Waals surface area contributed by atoms with Gasteiger partial charge in [0.2, 0.25) is 5.91 Å². The monoisotopic (exact) mass is 169 g/mol. The summed E-state index contributed by atoms with van der Waals surface area (Å²) in [6.07, 6.45) is 2.63. The molecule has 0 spiro atoms. The van der Waals surface area contributed by atoms with Gasteiger partial charge in [-0.2, -0.15) is 0 Å². The number of allylic oxidation sites excluding steroid dienone is 1. The highest BCUT2D eigenvalue weighted by atomic mass is 16.2. The Morgan fingerprint density at radius 3 is 2.92 bits per heavy atom. The van der Waals surface area contributed by atoms with E-state index in [0.717, 1.165) is 0 Å². The van der Waals surface area contributed by atoms with Crippen LogP contribution in [0.15, 0.2) is 11.8 Å². The second-order valence-electron chi connectivity index (χ2n) is 3.20. The number of carbonyl (C=O) groups is 2. The molecule has 1 aliphatic rings. The minimum atomic E-state index is -0.0571. The first-order valence-electron chi connectivity index (χ1n) is 4.11. The Bertz CT molecular complexity index is 248. The van der Waals surface area contributed by atoms with E-state index in [1.165, 1.54) is 6.20 Å². The van der Waals surface area contributed by atoms with E-state index in [1.54, 1.807) is 6.92 Å². The van der Waals surface area contributed by atoms with E-state index in [1.807, 2.05) is 6.92 Å². The van der Waals surface area contributed by atoms with Crippen LogP contribution in [0.3, 0.4) is 0 Å². The fourth-order valence-corrected chi connectivity index (χ4v) is 1.08. The number of nitrogens with one attached hydrogen (secondary N) is 1. The lowest BCUT2D eigenvalue weighted by molar-refractivity contribution is -0.124. The van der Waals surface area contributed by atoms with Crippen LogP contribution in [0.5, 0.6) is 0 Å². The summed E-state index contributed by atoms with van der Waals surface area (Å²) in [7, 11) is 0. The fraction of sp³-hybridized carbons (Fsp3) is 0.556. The molecule has 0 fully saturated rings. The number of Topliss-reactive ketones (excluding diaryl/α,β-unsaturated/α-hetero) is 1. The molecule has 0 saturated heterocycles. The van der Waals surface area contributed by atoms with Crippen LogP contribution in [0, 0.1) is 5.92 Å². The van der Waals surface area contributed by atoms with Gasteiger partial charge in [0.1, 0.15) is 0 Å². The van der Waals surface area contributed by atoms with Crippen molar-refractivity contribution in [1.82, 2.24) is 5.32 Å². The second kappa shape index (κ2) is 3.52. The van der Waals surface area contributed by atoms with Crippen molar-refractivity contribution in [2.45, 2.75) is 26.7 Å². The van der Waals surface area contributed by atoms with E-state index in [4.69, 9.17) is 0 Å². The maximum Gasteiger partial charge on any atom is 0.226 e. The maximum absolute atomic E-state index is 11.2. The highest BCUT2D eigenvalue weighted by Crippen LogP contribution is 2.11. The summed E-state index contributed by atoms with van der Waals surface area (Å²) in [6.45, 7) is 3.55. The Labute approximate surface area is 73.3 Å². The Balaban J connectivity index is 0.00000144. The molecule has 0 bridgehead atoms. The Morgan fingerprint density at radius 1 is 1.58 bits per heavy atom. The van der Waals surface area contributed by atoms with Gasteiger partial charge in [-0.25, -0.2) is 0 Å². The molecular weight excluding hydrogens is 154 g/mol. The highest BCUT2D eigenvalue weighted by molar-refractivity contribution is 5.96. The van der Waals surface area contributed by atoms with Crippen LogP contribution < -0.4 is 5.32 Å². The van der Waals surface area contributed by atoms with Crippen LogP contribution in [-0.4, -0.2) is 11.7 Å². The fourth-order valence-electron chi connectivity index (χ4n) is 1.08. The van der Waals surface area contributed by atoms with E-state index in [9.17, 15) is 9.59 Å². The first kappa shape index (κ1) is 8.97. The molecule has 1 unspecified atom stereocenters. The van der Waals surface area contributed by atoms with Gasteiger partial charge in [0.25, 0.3) is 0 Å². The topological polar surface area (TPSA) is 46.2 Å². The number of rotatable bonds is 0. The zero-order chi connectivity index (χ0) is 9.14. The lowest BCUT2D eigenvalue weighted by Gasteiger charge is -2.13. The van der Waals surface area contributed by atoms with Gasteiger partial charge in [-0.1, -0.05) is 6.92 Å². The summed E-state index contributed by atoms with van der Waals surface area (Å²) in [5.41, 5.74) is 0.634. The van der Waals surface area contributed by atoms with Gasteiger partial charge in [-0.05, 0) is 13.3 Å². The van der Waals surface area contributed by atoms with Crippen LogP contribution in [0.25, 0.3) is 0 Å². The number of hydrogen-bond donors (Lipinski definition) is 1. The molecule has 68 valence electrons. The molecule has 1 rings (SSSR count). The molecule has 0 aromatic heterocycles. The number of ketones is 1. The Hall–Kier alpha value is -1.12. The summed E-state index contributed by atoms with van der Waals surface area (Å²) in [4.78, 5) is 22.4. The van der Waals surface area contributed by atoms with Gasteiger partial charge >= 0.3 is 0 Å². The lowest BCUT2D eigenvalue weighted by atomic mass is 9.98. The third kappa shape index (κ3) is 1.94. The maximum atomic E-state index is 11.2. The molecule has 0 aliphatic carbocycles. The zero-order valence-corrected chi connectivity index (χ0v) is 7.39. The quantitative estimate of drug-likeness (QED) is 0.593. The van der Waals surface area contributed by atoms with E-state index < -0.39 is 0 Å². The Morgan fingerprint density at radius 2 is 2.25 bits per heavy atom. The largest absolute Gasteiger partial charge is 0.332 e. The average molecular weight is 169 g/mol. The average Bonchev–Trinajstić information content (AvgIpc) is 2.07. The SMILES string of the molecule is C/C1=C/NC(=O)C(C)CCC1=O.[HH]. The van der Waals surface area contributed by atoms with Crippen LogP contribution in [0.2, 0.25) is 0 Å². The number of carbonyl (C=O) groups excluding carboxylic acids is 2. The predicted octanol–water partition coefficient (Wildman–Crippen LogP) is 1.25.